The number of nitrogens with zero attached hydrogens (tertiary/aromatic N) is 1. The van der Waals surface area contributed by atoms with Crippen LogP contribution in [0.3, 0.4) is 0 Å². The minimum Gasteiger partial charge on any atom is -0.481 e. The van der Waals surface area contributed by atoms with Crippen molar-refractivity contribution >= 4 is 17.9 Å². The smallest absolute Gasteiger partial charge is 0.317 e. The molecule has 1 unspecified atom stereocenters. The summed E-state index contributed by atoms with van der Waals surface area (Å²) in [7, 11) is 3.00. The van der Waals surface area contributed by atoms with Crippen molar-refractivity contribution in [1.29, 1.82) is 0 Å². The monoisotopic (exact) mass is 289 g/mol. The molecular formula is C12H23N3O5. The zero-order valence-corrected chi connectivity index (χ0v) is 12.1. The van der Waals surface area contributed by atoms with Crippen LogP contribution in [0, 0.1) is 0 Å². The second-order valence-corrected chi connectivity index (χ2v) is 4.35. The van der Waals surface area contributed by atoms with E-state index in [0.29, 0.717) is 19.6 Å². The SMILES string of the molecule is CCC(CC(=O)O)NC(=O)N(C)CC(=O)NCCOC. The molecule has 3 amide bonds. The number of hydrogen-bond acceptors (Lipinski definition) is 4. The van der Waals surface area contributed by atoms with Gasteiger partial charge in [-0.05, 0) is 6.42 Å². The van der Waals surface area contributed by atoms with Crippen LogP contribution in [-0.2, 0) is 14.3 Å². The maximum Gasteiger partial charge on any atom is 0.317 e. The summed E-state index contributed by atoms with van der Waals surface area (Å²) >= 11 is 0. The molecule has 0 aliphatic rings. The second-order valence-electron chi connectivity index (χ2n) is 4.35. The molecule has 116 valence electrons. The minimum absolute atomic E-state index is 0.0982. The van der Waals surface area contributed by atoms with Gasteiger partial charge in [-0.1, -0.05) is 6.92 Å². The average Bonchev–Trinajstić information content (AvgIpc) is 2.37. The molecule has 0 fully saturated rings. The molecule has 0 saturated carbocycles. The Morgan fingerprint density at radius 2 is 2.00 bits per heavy atom. The van der Waals surface area contributed by atoms with E-state index in [1.165, 1.54) is 19.1 Å². The molecule has 20 heavy (non-hydrogen) atoms. The van der Waals surface area contributed by atoms with Gasteiger partial charge in [0.05, 0.1) is 13.0 Å². The first-order chi connectivity index (χ1) is 9.40. The van der Waals surface area contributed by atoms with Gasteiger partial charge in [-0.25, -0.2) is 4.79 Å². The summed E-state index contributed by atoms with van der Waals surface area (Å²) in [6.45, 7) is 2.46. The zero-order chi connectivity index (χ0) is 15.5. The Morgan fingerprint density at radius 3 is 2.50 bits per heavy atom. The molecule has 0 aromatic heterocycles. The molecule has 8 heteroatoms. The van der Waals surface area contributed by atoms with Gasteiger partial charge >= 0.3 is 12.0 Å². The summed E-state index contributed by atoms with van der Waals surface area (Å²) in [5.74, 6) is -1.27. The van der Waals surface area contributed by atoms with Crippen LogP contribution in [0.4, 0.5) is 4.79 Å². The molecule has 0 bridgehead atoms. The number of amides is 3. The van der Waals surface area contributed by atoms with Crippen LogP contribution in [-0.4, -0.2) is 67.8 Å². The Kier molecular flexibility index (Phi) is 9.10. The summed E-state index contributed by atoms with van der Waals surface area (Å²) in [5, 5.41) is 13.9. The number of nitrogens with one attached hydrogen (secondary N) is 2. The van der Waals surface area contributed by atoms with Crippen molar-refractivity contribution in [3.63, 3.8) is 0 Å². The fourth-order valence-electron chi connectivity index (χ4n) is 1.43. The van der Waals surface area contributed by atoms with E-state index in [1.807, 2.05) is 0 Å². The van der Waals surface area contributed by atoms with Gasteiger partial charge in [-0.15, -0.1) is 0 Å². The number of carbonyl (C=O) groups is 3. The molecule has 0 rings (SSSR count). The zero-order valence-electron chi connectivity index (χ0n) is 12.1. The van der Waals surface area contributed by atoms with Crippen LogP contribution in [0.5, 0.6) is 0 Å². The van der Waals surface area contributed by atoms with Gasteiger partial charge in [0.15, 0.2) is 0 Å². The summed E-state index contributed by atoms with van der Waals surface area (Å²) in [4.78, 5) is 35.1. The van der Waals surface area contributed by atoms with E-state index in [4.69, 9.17) is 9.84 Å². The van der Waals surface area contributed by atoms with Crippen LogP contribution in [0.1, 0.15) is 19.8 Å². The lowest BCUT2D eigenvalue weighted by atomic mass is 10.1. The third-order valence-corrected chi connectivity index (χ3v) is 2.60. The first-order valence-electron chi connectivity index (χ1n) is 6.39. The highest BCUT2D eigenvalue weighted by atomic mass is 16.5. The summed E-state index contributed by atoms with van der Waals surface area (Å²) in [6.07, 6.45) is 0.363. The highest BCUT2D eigenvalue weighted by molar-refractivity contribution is 5.84. The lowest BCUT2D eigenvalue weighted by molar-refractivity contribution is -0.137. The van der Waals surface area contributed by atoms with E-state index in [2.05, 4.69) is 10.6 Å². The van der Waals surface area contributed by atoms with Crippen molar-refractivity contribution < 1.29 is 24.2 Å². The number of urea groups is 1. The van der Waals surface area contributed by atoms with Gasteiger partial charge < -0.3 is 25.4 Å². The molecule has 0 spiro atoms. The number of methoxy groups -OCH3 is 1. The molecular weight excluding hydrogens is 266 g/mol. The molecule has 0 aliphatic carbocycles. The fraction of sp³-hybridized carbons (Fsp3) is 0.750. The predicted octanol–water partition coefficient (Wildman–Crippen LogP) is -0.356. The Hall–Kier alpha value is -1.83. The number of carboxylic acids is 1. The first kappa shape index (κ1) is 18.2. The number of rotatable bonds is 9. The van der Waals surface area contributed by atoms with Crippen LogP contribution >= 0.6 is 0 Å². The standard InChI is InChI=1S/C12H23N3O5/c1-4-9(7-11(17)18)14-12(19)15(2)8-10(16)13-5-6-20-3/h9H,4-8H2,1-3H3,(H,13,16)(H,14,19)(H,17,18). The molecule has 0 radical (unpaired) electrons. The Balaban J connectivity index is 4.12. The van der Waals surface area contributed by atoms with E-state index in [0.717, 1.165) is 0 Å². The number of carbonyl (C=O) groups excluding carboxylic acids is 2. The van der Waals surface area contributed by atoms with Crippen molar-refractivity contribution in [2.75, 3.05) is 33.9 Å². The van der Waals surface area contributed by atoms with Gasteiger partial charge in [0.2, 0.25) is 5.91 Å². The van der Waals surface area contributed by atoms with Crippen molar-refractivity contribution in [2.24, 2.45) is 0 Å². The molecule has 3 N–H and O–H groups in total. The van der Waals surface area contributed by atoms with E-state index in [-0.39, 0.29) is 18.9 Å². The maximum atomic E-state index is 11.8. The number of aliphatic carboxylic acids is 1. The van der Waals surface area contributed by atoms with Crippen molar-refractivity contribution in [1.82, 2.24) is 15.5 Å². The second kappa shape index (κ2) is 10.0. The molecule has 1 atom stereocenters. The summed E-state index contributed by atoms with van der Waals surface area (Å²) in [5.41, 5.74) is 0. The Bertz CT molecular complexity index is 335. The fourth-order valence-corrected chi connectivity index (χ4v) is 1.43. The maximum absolute atomic E-state index is 11.8. The Morgan fingerprint density at radius 1 is 1.35 bits per heavy atom. The minimum atomic E-state index is -0.975. The van der Waals surface area contributed by atoms with Crippen LogP contribution in [0.25, 0.3) is 0 Å². The largest absolute Gasteiger partial charge is 0.481 e. The van der Waals surface area contributed by atoms with Crippen molar-refractivity contribution in [2.45, 2.75) is 25.8 Å². The van der Waals surface area contributed by atoms with Gasteiger partial charge in [0.1, 0.15) is 6.54 Å². The lowest BCUT2D eigenvalue weighted by Gasteiger charge is -2.21. The quantitative estimate of drug-likeness (QED) is 0.503. The first-order valence-corrected chi connectivity index (χ1v) is 6.39. The van der Waals surface area contributed by atoms with Gasteiger partial charge in [0, 0.05) is 26.7 Å². The number of carboxylic acid groups (broad SMARTS) is 1. The van der Waals surface area contributed by atoms with Gasteiger partial charge in [-0.3, -0.25) is 9.59 Å². The van der Waals surface area contributed by atoms with E-state index in [9.17, 15) is 14.4 Å². The Labute approximate surface area is 118 Å². The average molecular weight is 289 g/mol. The number of ether oxygens (including phenoxy) is 1. The normalized spacial score (nSPS) is 11.6. The third kappa shape index (κ3) is 8.30. The van der Waals surface area contributed by atoms with Crippen LogP contribution in [0.15, 0.2) is 0 Å². The number of likely N-dealkylation sites (N-methyl/N-ethyl adjacent to an activating group) is 1. The van der Waals surface area contributed by atoms with Gasteiger partial charge in [-0.2, -0.15) is 0 Å². The molecule has 0 saturated heterocycles. The summed E-state index contributed by atoms with van der Waals surface area (Å²) in [6, 6.07) is -0.918. The lowest BCUT2D eigenvalue weighted by Crippen LogP contribution is -2.47. The predicted molar refractivity (Wildman–Crippen MR) is 72.4 cm³/mol. The number of hydrogen-bond donors (Lipinski definition) is 3. The molecule has 0 aromatic rings. The van der Waals surface area contributed by atoms with E-state index < -0.39 is 18.0 Å². The van der Waals surface area contributed by atoms with Gasteiger partial charge in [0.25, 0.3) is 0 Å². The molecule has 8 nitrogen and oxygen atoms in total. The highest BCUT2D eigenvalue weighted by Crippen LogP contribution is 1.99. The molecule has 0 heterocycles. The van der Waals surface area contributed by atoms with E-state index in [1.54, 1.807) is 6.92 Å². The van der Waals surface area contributed by atoms with Crippen LogP contribution in [0.2, 0.25) is 0 Å². The highest BCUT2D eigenvalue weighted by Gasteiger charge is 2.18. The summed E-state index contributed by atoms with van der Waals surface area (Å²) < 4.78 is 4.79. The topological polar surface area (TPSA) is 108 Å². The van der Waals surface area contributed by atoms with Crippen LogP contribution < -0.4 is 10.6 Å². The third-order valence-electron chi connectivity index (χ3n) is 2.60. The molecule has 0 aromatic carbocycles. The van der Waals surface area contributed by atoms with E-state index >= 15 is 0 Å². The van der Waals surface area contributed by atoms with Crippen molar-refractivity contribution in [3.8, 4) is 0 Å². The molecule has 0 aliphatic heterocycles. The van der Waals surface area contributed by atoms with Crippen molar-refractivity contribution in [3.05, 3.63) is 0 Å².